The molecule has 4 nitrogen and oxygen atoms in total. The molecule has 0 radical (unpaired) electrons. The number of carbonyl (C=O) groups excluding carboxylic acids is 1. The molecule has 2 aromatic carbocycles. The van der Waals surface area contributed by atoms with Crippen molar-refractivity contribution in [2.24, 2.45) is 5.92 Å². The first-order valence-corrected chi connectivity index (χ1v) is 8.84. The molecule has 25 heavy (non-hydrogen) atoms. The minimum atomic E-state index is -0.232. The number of hydrogen-bond donors (Lipinski definition) is 2. The summed E-state index contributed by atoms with van der Waals surface area (Å²) in [4.78, 5) is 20.7. The SMILES string of the molecule is CC(C)[C@@H](C(=O)N[C@@H](C)c1nc2ccccc2[nH]1)c1ccc(Cl)cc1. The number of carbonyl (C=O) groups is 1. The number of nitrogens with one attached hydrogen (secondary N) is 2. The molecule has 0 aliphatic carbocycles. The zero-order chi connectivity index (χ0) is 18.0. The molecular weight excluding hydrogens is 334 g/mol. The average Bonchev–Trinajstić information content (AvgIpc) is 3.01. The summed E-state index contributed by atoms with van der Waals surface area (Å²) in [6.07, 6.45) is 0. The lowest BCUT2D eigenvalue weighted by molar-refractivity contribution is -0.124. The molecule has 0 fully saturated rings. The highest BCUT2D eigenvalue weighted by atomic mass is 35.5. The van der Waals surface area contributed by atoms with E-state index in [2.05, 4.69) is 15.3 Å². The van der Waals surface area contributed by atoms with E-state index in [9.17, 15) is 4.79 Å². The fraction of sp³-hybridized carbons (Fsp3) is 0.300. The number of H-pyrrole nitrogens is 1. The number of nitrogens with zero attached hydrogens (tertiary/aromatic N) is 1. The lowest BCUT2D eigenvalue weighted by Crippen LogP contribution is -2.34. The minimum Gasteiger partial charge on any atom is -0.346 e. The second kappa shape index (κ2) is 7.28. The third-order valence-electron chi connectivity index (χ3n) is 4.35. The number of fused-ring (bicyclic) bond motifs is 1. The molecule has 5 heteroatoms. The first kappa shape index (κ1) is 17.5. The van der Waals surface area contributed by atoms with Crippen LogP contribution >= 0.6 is 11.6 Å². The molecule has 0 unspecified atom stereocenters. The molecule has 0 bridgehead atoms. The van der Waals surface area contributed by atoms with Crippen LogP contribution in [0.1, 0.15) is 44.1 Å². The van der Waals surface area contributed by atoms with Gasteiger partial charge in [0.05, 0.1) is 23.0 Å². The van der Waals surface area contributed by atoms with Crippen LogP contribution in [0.15, 0.2) is 48.5 Å². The number of para-hydroxylation sites is 2. The van der Waals surface area contributed by atoms with Crippen LogP contribution in [0, 0.1) is 5.92 Å². The number of imidazole rings is 1. The van der Waals surface area contributed by atoms with E-state index in [1.165, 1.54) is 0 Å². The zero-order valence-electron chi connectivity index (χ0n) is 14.6. The average molecular weight is 356 g/mol. The van der Waals surface area contributed by atoms with Gasteiger partial charge in [-0.25, -0.2) is 4.98 Å². The van der Waals surface area contributed by atoms with Gasteiger partial charge in [0.25, 0.3) is 0 Å². The van der Waals surface area contributed by atoms with Crippen LogP contribution in [0.2, 0.25) is 5.02 Å². The number of rotatable bonds is 5. The van der Waals surface area contributed by atoms with Crippen LogP contribution < -0.4 is 5.32 Å². The molecule has 2 atom stereocenters. The van der Waals surface area contributed by atoms with Gasteiger partial charge in [-0.3, -0.25) is 4.79 Å². The van der Waals surface area contributed by atoms with Crippen molar-refractivity contribution >= 4 is 28.5 Å². The van der Waals surface area contributed by atoms with E-state index >= 15 is 0 Å². The van der Waals surface area contributed by atoms with Crippen molar-refractivity contribution in [3.63, 3.8) is 0 Å². The van der Waals surface area contributed by atoms with Gasteiger partial charge in [-0.2, -0.15) is 0 Å². The fourth-order valence-electron chi connectivity index (χ4n) is 3.06. The van der Waals surface area contributed by atoms with E-state index in [1.54, 1.807) is 0 Å². The Balaban J connectivity index is 1.79. The van der Waals surface area contributed by atoms with Crippen molar-refractivity contribution < 1.29 is 4.79 Å². The van der Waals surface area contributed by atoms with Gasteiger partial charge >= 0.3 is 0 Å². The first-order valence-electron chi connectivity index (χ1n) is 8.46. The normalized spacial score (nSPS) is 13.8. The van der Waals surface area contributed by atoms with E-state index in [0.29, 0.717) is 5.02 Å². The van der Waals surface area contributed by atoms with Gasteiger partial charge in [0.1, 0.15) is 5.82 Å². The highest BCUT2D eigenvalue weighted by Crippen LogP contribution is 2.27. The summed E-state index contributed by atoms with van der Waals surface area (Å²) in [6.45, 7) is 6.03. The predicted molar refractivity (Wildman–Crippen MR) is 102 cm³/mol. The molecule has 0 aliphatic heterocycles. The van der Waals surface area contributed by atoms with Crippen molar-refractivity contribution in [1.82, 2.24) is 15.3 Å². The van der Waals surface area contributed by atoms with Crippen LogP contribution in [0.3, 0.4) is 0 Å². The van der Waals surface area contributed by atoms with Gasteiger partial charge in [0.2, 0.25) is 5.91 Å². The topological polar surface area (TPSA) is 57.8 Å². The van der Waals surface area contributed by atoms with Gasteiger partial charge < -0.3 is 10.3 Å². The molecule has 0 spiro atoms. The maximum absolute atomic E-state index is 12.9. The summed E-state index contributed by atoms with van der Waals surface area (Å²) < 4.78 is 0. The summed E-state index contributed by atoms with van der Waals surface area (Å²) >= 11 is 5.97. The second-order valence-corrected chi connectivity index (χ2v) is 7.08. The Hall–Kier alpha value is -2.33. The maximum atomic E-state index is 12.9. The van der Waals surface area contributed by atoms with Gasteiger partial charge in [0, 0.05) is 5.02 Å². The Morgan fingerprint density at radius 2 is 1.76 bits per heavy atom. The molecule has 0 saturated heterocycles. The number of halogens is 1. The second-order valence-electron chi connectivity index (χ2n) is 6.64. The van der Waals surface area contributed by atoms with Crippen LogP contribution in [0.25, 0.3) is 11.0 Å². The molecule has 3 aromatic rings. The third-order valence-corrected chi connectivity index (χ3v) is 4.61. The molecule has 3 rings (SSSR count). The first-order chi connectivity index (χ1) is 12.0. The smallest absolute Gasteiger partial charge is 0.228 e. The van der Waals surface area contributed by atoms with Crippen LogP contribution in [0.4, 0.5) is 0 Å². The Morgan fingerprint density at radius 1 is 1.08 bits per heavy atom. The lowest BCUT2D eigenvalue weighted by atomic mass is 9.87. The van der Waals surface area contributed by atoms with Crippen molar-refractivity contribution in [3.05, 3.63) is 64.9 Å². The minimum absolute atomic E-state index is 0.00900. The zero-order valence-corrected chi connectivity index (χ0v) is 15.3. The highest BCUT2D eigenvalue weighted by molar-refractivity contribution is 6.30. The Bertz CT molecular complexity index is 837. The predicted octanol–water partition coefficient (Wildman–Crippen LogP) is 4.83. The fourth-order valence-corrected chi connectivity index (χ4v) is 3.18. The molecule has 1 aromatic heterocycles. The monoisotopic (exact) mass is 355 g/mol. The van der Waals surface area contributed by atoms with Crippen molar-refractivity contribution in [1.29, 1.82) is 0 Å². The Kier molecular flexibility index (Phi) is 5.09. The number of aromatic amines is 1. The van der Waals surface area contributed by atoms with Crippen molar-refractivity contribution in [3.8, 4) is 0 Å². The van der Waals surface area contributed by atoms with E-state index in [1.807, 2.05) is 69.3 Å². The molecule has 1 heterocycles. The van der Waals surface area contributed by atoms with Gasteiger partial charge in [-0.1, -0.05) is 49.7 Å². The molecule has 0 aliphatic rings. The van der Waals surface area contributed by atoms with Crippen LogP contribution in [-0.2, 0) is 4.79 Å². The molecular formula is C20H22ClN3O. The third kappa shape index (κ3) is 3.85. The van der Waals surface area contributed by atoms with Gasteiger partial charge in [-0.05, 0) is 42.7 Å². The largest absolute Gasteiger partial charge is 0.346 e. The molecule has 1 amide bonds. The Morgan fingerprint density at radius 3 is 2.40 bits per heavy atom. The molecule has 0 saturated carbocycles. The number of hydrogen-bond acceptors (Lipinski definition) is 2. The molecule has 2 N–H and O–H groups in total. The maximum Gasteiger partial charge on any atom is 0.228 e. The van der Waals surface area contributed by atoms with Crippen molar-refractivity contribution in [2.45, 2.75) is 32.7 Å². The molecule has 130 valence electrons. The summed E-state index contributed by atoms with van der Waals surface area (Å²) in [6, 6.07) is 15.1. The quantitative estimate of drug-likeness (QED) is 0.688. The standard InChI is InChI=1S/C20H22ClN3O/c1-12(2)18(14-8-10-15(21)11-9-14)20(25)22-13(3)19-23-16-6-4-5-7-17(16)24-19/h4-13,18H,1-3H3,(H,22,25)(H,23,24)/t13-,18+/m0/s1. The lowest BCUT2D eigenvalue weighted by Gasteiger charge is -2.23. The number of aromatic nitrogens is 2. The van der Waals surface area contributed by atoms with Crippen LogP contribution in [-0.4, -0.2) is 15.9 Å². The number of amides is 1. The highest BCUT2D eigenvalue weighted by Gasteiger charge is 2.26. The number of benzene rings is 2. The summed E-state index contributed by atoms with van der Waals surface area (Å²) in [5.41, 5.74) is 2.84. The van der Waals surface area contributed by atoms with E-state index in [-0.39, 0.29) is 23.8 Å². The van der Waals surface area contributed by atoms with E-state index < -0.39 is 0 Å². The Labute approximate surface area is 152 Å². The summed E-state index contributed by atoms with van der Waals surface area (Å²) in [7, 11) is 0. The van der Waals surface area contributed by atoms with Crippen LogP contribution in [0.5, 0.6) is 0 Å². The van der Waals surface area contributed by atoms with Gasteiger partial charge in [0.15, 0.2) is 0 Å². The van der Waals surface area contributed by atoms with E-state index in [4.69, 9.17) is 11.6 Å². The van der Waals surface area contributed by atoms with E-state index in [0.717, 1.165) is 22.4 Å². The van der Waals surface area contributed by atoms with Crippen molar-refractivity contribution in [2.75, 3.05) is 0 Å². The summed E-state index contributed by atoms with van der Waals surface area (Å²) in [5.74, 6) is 0.687. The van der Waals surface area contributed by atoms with Gasteiger partial charge in [-0.15, -0.1) is 0 Å². The summed E-state index contributed by atoms with van der Waals surface area (Å²) in [5, 5.41) is 3.75.